The van der Waals surface area contributed by atoms with Crippen LogP contribution in [0.15, 0.2) is 66.7 Å². The van der Waals surface area contributed by atoms with E-state index < -0.39 is 30.2 Å². The van der Waals surface area contributed by atoms with E-state index in [9.17, 15) is 27.9 Å². The van der Waals surface area contributed by atoms with Crippen LogP contribution >= 0.6 is 0 Å². The van der Waals surface area contributed by atoms with Crippen LogP contribution in [0.25, 0.3) is 0 Å². The van der Waals surface area contributed by atoms with Crippen LogP contribution in [0.5, 0.6) is 5.75 Å². The van der Waals surface area contributed by atoms with Crippen molar-refractivity contribution >= 4 is 11.9 Å². The minimum atomic E-state index is -4.56. The molecular formula is C34H39F3N2O5. The molecule has 0 atom stereocenters. The SMILES string of the molecule is CC(C)CCN1CCOCCOc2ccc(C(=O)N(CC(=O)O)Cc3cccc(C(F)(F)F)c3)cc2Cc2cccc(c2)C1. The third kappa shape index (κ3) is 9.82. The zero-order chi connectivity index (χ0) is 31.7. The molecule has 7 nitrogen and oxygen atoms in total. The van der Waals surface area contributed by atoms with Crippen LogP contribution in [0.2, 0.25) is 0 Å². The van der Waals surface area contributed by atoms with Crippen molar-refractivity contribution in [2.75, 3.05) is 39.5 Å². The van der Waals surface area contributed by atoms with Gasteiger partial charge in [-0.05, 0) is 71.5 Å². The molecule has 1 aliphatic heterocycles. The van der Waals surface area contributed by atoms with Crippen molar-refractivity contribution in [3.05, 3.63) is 100 Å². The second-order valence-corrected chi connectivity index (χ2v) is 11.5. The summed E-state index contributed by atoms with van der Waals surface area (Å²) in [7, 11) is 0. The van der Waals surface area contributed by atoms with Crippen molar-refractivity contribution in [2.24, 2.45) is 5.92 Å². The van der Waals surface area contributed by atoms with Crippen LogP contribution in [-0.4, -0.2) is 66.2 Å². The Bertz CT molecular complexity index is 1430. The van der Waals surface area contributed by atoms with Crippen LogP contribution in [0.4, 0.5) is 13.2 Å². The first kappa shape index (κ1) is 33.0. The second-order valence-electron chi connectivity index (χ2n) is 11.5. The van der Waals surface area contributed by atoms with E-state index in [4.69, 9.17) is 9.47 Å². The third-order valence-electron chi connectivity index (χ3n) is 7.40. The quantitative estimate of drug-likeness (QED) is 0.323. The standard InChI is InChI=1S/C34H39F3N2O5/c1-24(2)11-12-38-13-14-43-15-16-44-31-10-9-28(20-29(31)18-25-5-3-6-26(17-25)21-38)33(42)39(23-32(40)41)22-27-7-4-8-30(19-27)34(35,36)37/h3-10,17,19-20,24H,11-16,18,21-23H2,1-2H3,(H,40,41). The van der Waals surface area contributed by atoms with Crippen LogP contribution in [0.3, 0.4) is 0 Å². The molecule has 0 saturated carbocycles. The highest BCUT2D eigenvalue weighted by molar-refractivity contribution is 5.96. The first-order valence-corrected chi connectivity index (χ1v) is 14.8. The van der Waals surface area contributed by atoms with Crippen molar-refractivity contribution < 1.29 is 37.3 Å². The van der Waals surface area contributed by atoms with E-state index in [-0.39, 0.29) is 17.7 Å². The Hall–Kier alpha value is -3.89. The number of nitrogens with zero attached hydrogens (tertiary/aromatic N) is 2. The van der Waals surface area contributed by atoms with Gasteiger partial charge in [-0.2, -0.15) is 13.2 Å². The summed E-state index contributed by atoms with van der Waals surface area (Å²) < 4.78 is 51.7. The van der Waals surface area contributed by atoms with Gasteiger partial charge in [0.05, 0.1) is 18.8 Å². The molecule has 3 aromatic carbocycles. The van der Waals surface area contributed by atoms with Gasteiger partial charge in [-0.15, -0.1) is 0 Å². The van der Waals surface area contributed by atoms with E-state index >= 15 is 0 Å². The molecule has 1 aliphatic rings. The maximum atomic E-state index is 13.6. The molecule has 0 saturated heterocycles. The monoisotopic (exact) mass is 612 g/mol. The lowest BCUT2D eigenvalue weighted by Crippen LogP contribution is -2.35. The molecule has 1 heterocycles. The topological polar surface area (TPSA) is 79.3 Å². The minimum absolute atomic E-state index is 0.176. The van der Waals surface area contributed by atoms with Crippen molar-refractivity contribution in [2.45, 2.75) is 46.0 Å². The number of hydrogen-bond donors (Lipinski definition) is 1. The van der Waals surface area contributed by atoms with E-state index in [1.165, 1.54) is 12.1 Å². The fourth-order valence-corrected chi connectivity index (χ4v) is 5.14. The number of amides is 1. The molecule has 4 rings (SSSR count). The molecule has 0 radical (unpaired) electrons. The second kappa shape index (κ2) is 15.2. The molecule has 0 aromatic heterocycles. The Morgan fingerprint density at radius 3 is 2.50 bits per heavy atom. The van der Waals surface area contributed by atoms with Crippen molar-refractivity contribution in [3.8, 4) is 5.75 Å². The van der Waals surface area contributed by atoms with Crippen LogP contribution in [0.1, 0.15) is 58.4 Å². The van der Waals surface area contributed by atoms with Crippen LogP contribution in [0, 0.1) is 5.92 Å². The normalized spacial score (nSPS) is 14.8. The van der Waals surface area contributed by atoms with Gasteiger partial charge in [0, 0.05) is 31.6 Å². The van der Waals surface area contributed by atoms with Crippen LogP contribution < -0.4 is 4.74 Å². The lowest BCUT2D eigenvalue weighted by molar-refractivity contribution is -0.139. The number of halogens is 3. The predicted molar refractivity (Wildman–Crippen MR) is 161 cm³/mol. The van der Waals surface area contributed by atoms with Gasteiger partial charge in [0.25, 0.3) is 5.91 Å². The first-order chi connectivity index (χ1) is 21.0. The molecule has 0 aliphatic carbocycles. The highest BCUT2D eigenvalue weighted by Gasteiger charge is 2.31. The molecule has 0 fully saturated rings. The summed E-state index contributed by atoms with van der Waals surface area (Å²) in [5.41, 5.74) is 2.45. The highest BCUT2D eigenvalue weighted by Crippen LogP contribution is 2.30. The number of rotatable bonds is 8. The van der Waals surface area contributed by atoms with E-state index in [0.717, 1.165) is 59.8 Å². The van der Waals surface area contributed by atoms with Crippen molar-refractivity contribution in [1.82, 2.24) is 9.80 Å². The lowest BCUT2D eigenvalue weighted by atomic mass is 9.99. The molecule has 0 unspecified atom stereocenters. The molecule has 236 valence electrons. The highest BCUT2D eigenvalue weighted by atomic mass is 19.4. The van der Waals surface area contributed by atoms with Crippen molar-refractivity contribution in [1.29, 1.82) is 0 Å². The smallest absolute Gasteiger partial charge is 0.416 e. The number of carbonyl (C=O) groups is 2. The Kier molecular flexibility index (Phi) is 11.4. The van der Waals surface area contributed by atoms with Crippen LogP contribution in [-0.2, 0) is 35.2 Å². The summed E-state index contributed by atoms with van der Waals surface area (Å²) in [6.07, 6.45) is -3.01. The molecular weight excluding hydrogens is 573 g/mol. The minimum Gasteiger partial charge on any atom is -0.491 e. The molecule has 44 heavy (non-hydrogen) atoms. The number of fused-ring (bicyclic) bond motifs is 3. The molecule has 2 bridgehead atoms. The Morgan fingerprint density at radius 2 is 1.75 bits per heavy atom. The maximum Gasteiger partial charge on any atom is 0.416 e. The fourth-order valence-electron chi connectivity index (χ4n) is 5.14. The lowest BCUT2D eigenvalue weighted by Gasteiger charge is -2.24. The van der Waals surface area contributed by atoms with Gasteiger partial charge in [-0.25, -0.2) is 0 Å². The number of benzene rings is 3. The summed E-state index contributed by atoms with van der Waals surface area (Å²) in [4.78, 5) is 28.7. The summed E-state index contributed by atoms with van der Waals surface area (Å²) in [6.45, 7) is 7.29. The zero-order valence-electron chi connectivity index (χ0n) is 25.1. The van der Waals surface area contributed by atoms with Gasteiger partial charge >= 0.3 is 12.1 Å². The van der Waals surface area contributed by atoms with Crippen molar-refractivity contribution in [3.63, 3.8) is 0 Å². The van der Waals surface area contributed by atoms with Gasteiger partial charge in [-0.1, -0.05) is 50.2 Å². The number of alkyl halides is 3. The Morgan fingerprint density at radius 1 is 0.977 bits per heavy atom. The van der Waals surface area contributed by atoms with E-state index in [2.05, 4.69) is 30.9 Å². The van der Waals surface area contributed by atoms with Gasteiger partial charge in [0.15, 0.2) is 0 Å². The fraction of sp³-hybridized carbons (Fsp3) is 0.412. The van der Waals surface area contributed by atoms with Gasteiger partial charge < -0.3 is 19.5 Å². The summed E-state index contributed by atoms with van der Waals surface area (Å²) in [5, 5.41) is 9.50. The third-order valence-corrected chi connectivity index (χ3v) is 7.40. The molecule has 1 amide bonds. The largest absolute Gasteiger partial charge is 0.491 e. The van der Waals surface area contributed by atoms with Gasteiger partial charge in [0.1, 0.15) is 18.9 Å². The number of hydrogen-bond acceptors (Lipinski definition) is 5. The molecule has 1 N–H and O–H groups in total. The first-order valence-electron chi connectivity index (χ1n) is 14.8. The zero-order valence-corrected chi connectivity index (χ0v) is 25.1. The van der Waals surface area contributed by atoms with E-state index in [1.54, 1.807) is 18.2 Å². The Labute approximate surface area is 256 Å². The van der Waals surface area contributed by atoms with Gasteiger partial charge in [-0.3, -0.25) is 14.5 Å². The van der Waals surface area contributed by atoms with E-state index in [1.807, 2.05) is 12.1 Å². The molecule has 10 heteroatoms. The number of carbonyl (C=O) groups excluding carboxylic acids is 1. The molecule has 0 spiro atoms. The van der Waals surface area contributed by atoms with Gasteiger partial charge in [0.2, 0.25) is 0 Å². The average molecular weight is 613 g/mol. The predicted octanol–water partition coefficient (Wildman–Crippen LogP) is 6.28. The summed E-state index contributed by atoms with van der Waals surface area (Å²) in [5.74, 6) is -0.710. The number of ether oxygens (including phenoxy) is 2. The summed E-state index contributed by atoms with van der Waals surface area (Å²) >= 11 is 0. The Balaban J connectivity index is 1.61. The number of carboxylic acids is 1. The molecule has 3 aromatic rings. The average Bonchev–Trinajstić information content (AvgIpc) is 2.96. The number of carboxylic acid groups (broad SMARTS) is 1. The van der Waals surface area contributed by atoms with E-state index in [0.29, 0.717) is 37.9 Å². The maximum absolute atomic E-state index is 13.6. The summed E-state index contributed by atoms with van der Waals surface area (Å²) in [6, 6.07) is 17.7. The number of aliphatic carboxylic acids is 1.